The minimum absolute atomic E-state index is 0.0135. The lowest BCUT2D eigenvalue weighted by Crippen LogP contribution is -2.51. The fraction of sp³-hybridized carbons (Fsp3) is 0.444. The second kappa shape index (κ2) is 11.9. The van der Waals surface area contributed by atoms with E-state index in [1.807, 2.05) is 20.8 Å². The van der Waals surface area contributed by atoms with Gasteiger partial charge in [-0.3, -0.25) is 4.79 Å². The summed E-state index contributed by atoms with van der Waals surface area (Å²) >= 11 is 0. The van der Waals surface area contributed by atoms with Crippen molar-refractivity contribution < 1.29 is 23.8 Å². The smallest absolute Gasteiger partial charge is 0.317 e. The molecule has 1 aliphatic heterocycles. The maximum atomic E-state index is 14.0. The minimum atomic E-state index is -0.462. The van der Waals surface area contributed by atoms with Gasteiger partial charge in [0, 0.05) is 37.3 Å². The summed E-state index contributed by atoms with van der Waals surface area (Å²) < 4.78 is 20.2. The Morgan fingerprint density at radius 1 is 1.33 bits per heavy atom. The zero-order chi connectivity index (χ0) is 26.4. The van der Waals surface area contributed by atoms with E-state index in [1.54, 1.807) is 48.0 Å². The van der Waals surface area contributed by atoms with Gasteiger partial charge in [-0.05, 0) is 39.0 Å². The SMILES string of the molecule is CC(C)NC(=O)N(C)C[C@H]1Oc2ncc(C#Cc3ccccc3F)cc2C(=O)N([C@@H](C)CO)C[C@@H]1C. The number of likely N-dealkylation sites (N-methyl/N-ethyl adjacent to an activating group) is 1. The number of hydrogen-bond acceptors (Lipinski definition) is 5. The van der Waals surface area contributed by atoms with Crippen LogP contribution in [0.1, 0.15) is 49.2 Å². The van der Waals surface area contributed by atoms with Gasteiger partial charge in [0.15, 0.2) is 0 Å². The molecule has 1 aliphatic rings. The number of hydrogen-bond donors (Lipinski definition) is 2. The lowest BCUT2D eigenvalue weighted by molar-refractivity contribution is 0.0351. The number of aliphatic hydroxyl groups is 1. The molecule has 0 saturated heterocycles. The van der Waals surface area contributed by atoms with Crippen LogP contribution in [0.4, 0.5) is 9.18 Å². The van der Waals surface area contributed by atoms with Crippen LogP contribution in [-0.4, -0.2) is 76.8 Å². The van der Waals surface area contributed by atoms with Crippen LogP contribution in [0.25, 0.3) is 0 Å². The summed E-state index contributed by atoms with van der Waals surface area (Å²) in [6.45, 7) is 7.83. The van der Waals surface area contributed by atoms with Crippen LogP contribution >= 0.6 is 0 Å². The molecule has 2 aromatic rings. The van der Waals surface area contributed by atoms with Crippen molar-refractivity contribution in [2.24, 2.45) is 5.92 Å². The monoisotopic (exact) mass is 496 g/mol. The molecule has 0 saturated carbocycles. The van der Waals surface area contributed by atoms with Gasteiger partial charge < -0.3 is 25.0 Å². The summed E-state index contributed by atoms with van der Waals surface area (Å²) in [5.74, 6) is 4.82. The van der Waals surface area contributed by atoms with E-state index in [0.29, 0.717) is 12.1 Å². The number of pyridine rings is 1. The fourth-order valence-electron chi connectivity index (χ4n) is 3.80. The summed E-state index contributed by atoms with van der Waals surface area (Å²) in [7, 11) is 1.68. The number of carbonyl (C=O) groups is 2. The molecule has 2 N–H and O–H groups in total. The molecule has 0 bridgehead atoms. The molecule has 192 valence electrons. The Bertz CT molecular complexity index is 1160. The van der Waals surface area contributed by atoms with Crippen LogP contribution in [0.5, 0.6) is 5.88 Å². The Kier molecular flexibility index (Phi) is 8.88. The van der Waals surface area contributed by atoms with Crippen molar-refractivity contribution in [2.45, 2.75) is 45.9 Å². The number of nitrogens with one attached hydrogen (secondary N) is 1. The van der Waals surface area contributed by atoms with Crippen molar-refractivity contribution in [3.63, 3.8) is 0 Å². The highest BCUT2D eigenvalue weighted by Crippen LogP contribution is 2.27. The number of carbonyl (C=O) groups excluding carboxylic acids is 2. The maximum Gasteiger partial charge on any atom is 0.317 e. The predicted molar refractivity (Wildman–Crippen MR) is 134 cm³/mol. The van der Waals surface area contributed by atoms with Gasteiger partial charge in [-0.25, -0.2) is 14.2 Å². The van der Waals surface area contributed by atoms with Crippen molar-refractivity contribution in [3.05, 3.63) is 59.0 Å². The molecule has 3 rings (SSSR count). The highest BCUT2D eigenvalue weighted by Gasteiger charge is 2.34. The van der Waals surface area contributed by atoms with Gasteiger partial charge in [0.2, 0.25) is 5.88 Å². The molecular formula is C27H33FN4O4. The molecule has 0 aliphatic carbocycles. The first kappa shape index (κ1) is 27.0. The molecule has 3 atom stereocenters. The average Bonchev–Trinajstić information content (AvgIpc) is 2.84. The Hall–Kier alpha value is -3.64. The molecule has 0 fully saturated rings. The van der Waals surface area contributed by atoms with Crippen molar-refractivity contribution in [1.82, 2.24) is 20.1 Å². The number of fused-ring (bicyclic) bond motifs is 1. The van der Waals surface area contributed by atoms with Gasteiger partial charge >= 0.3 is 6.03 Å². The first-order valence-electron chi connectivity index (χ1n) is 12.0. The summed E-state index contributed by atoms with van der Waals surface area (Å²) in [5, 5.41) is 12.7. The first-order chi connectivity index (χ1) is 17.1. The third-order valence-electron chi connectivity index (χ3n) is 5.95. The number of aliphatic hydroxyl groups excluding tert-OH is 1. The number of benzene rings is 1. The van der Waals surface area contributed by atoms with Crippen LogP contribution < -0.4 is 10.1 Å². The van der Waals surface area contributed by atoms with E-state index in [2.05, 4.69) is 22.1 Å². The van der Waals surface area contributed by atoms with Crippen LogP contribution in [0, 0.1) is 23.6 Å². The second-order valence-electron chi connectivity index (χ2n) is 9.41. The molecule has 3 amide bonds. The van der Waals surface area contributed by atoms with E-state index in [4.69, 9.17) is 4.74 Å². The largest absolute Gasteiger partial charge is 0.472 e. The molecule has 0 spiro atoms. The summed E-state index contributed by atoms with van der Waals surface area (Å²) in [4.78, 5) is 33.4. The second-order valence-corrected chi connectivity index (χ2v) is 9.41. The zero-order valence-electron chi connectivity index (χ0n) is 21.3. The van der Waals surface area contributed by atoms with E-state index in [-0.39, 0.29) is 54.1 Å². The van der Waals surface area contributed by atoms with Crippen LogP contribution in [0.2, 0.25) is 0 Å². The third kappa shape index (κ3) is 6.52. The Morgan fingerprint density at radius 2 is 2.06 bits per heavy atom. The zero-order valence-corrected chi connectivity index (χ0v) is 21.3. The average molecular weight is 497 g/mol. The molecular weight excluding hydrogens is 463 g/mol. The Morgan fingerprint density at radius 3 is 2.72 bits per heavy atom. The molecule has 1 aromatic heterocycles. The van der Waals surface area contributed by atoms with Crippen molar-refractivity contribution >= 4 is 11.9 Å². The number of aromatic nitrogens is 1. The van der Waals surface area contributed by atoms with Crippen molar-refractivity contribution in [1.29, 1.82) is 0 Å². The molecule has 0 unspecified atom stereocenters. The number of urea groups is 1. The third-order valence-corrected chi connectivity index (χ3v) is 5.95. The van der Waals surface area contributed by atoms with E-state index in [9.17, 15) is 19.1 Å². The number of nitrogens with zero attached hydrogens (tertiary/aromatic N) is 3. The van der Waals surface area contributed by atoms with Gasteiger partial charge in [0.25, 0.3) is 5.91 Å². The fourth-order valence-corrected chi connectivity index (χ4v) is 3.80. The molecule has 8 nitrogen and oxygen atoms in total. The van der Waals surface area contributed by atoms with Crippen LogP contribution in [0.15, 0.2) is 36.5 Å². The van der Waals surface area contributed by atoms with Gasteiger partial charge in [-0.2, -0.15) is 0 Å². The van der Waals surface area contributed by atoms with E-state index in [0.717, 1.165) is 0 Å². The summed E-state index contributed by atoms with van der Waals surface area (Å²) in [5.41, 5.74) is 0.852. The molecule has 0 radical (unpaired) electrons. The lowest BCUT2D eigenvalue weighted by atomic mass is 10.00. The van der Waals surface area contributed by atoms with Crippen molar-refractivity contribution in [2.75, 3.05) is 26.7 Å². The molecule has 36 heavy (non-hydrogen) atoms. The number of ether oxygens (including phenoxy) is 1. The Labute approximate surface area is 211 Å². The van der Waals surface area contributed by atoms with E-state index >= 15 is 0 Å². The van der Waals surface area contributed by atoms with Gasteiger partial charge in [-0.1, -0.05) is 30.9 Å². The van der Waals surface area contributed by atoms with Crippen LogP contribution in [0.3, 0.4) is 0 Å². The molecule has 1 aromatic carbocycles. The number of rotatable bonds is 5. The van der Waals surface area contributed by atoms with E-state index < -0.39 is 18.0 Å². The van der Waals surface area contributed by atoms with Gasteiger partial charge in [-0.15, -0.1) is 0 Å². The first-order valence-corrected chi connectivity index (χ1v) is 12.0. The Balaban J connectivity index is 1.97. The summed E-state index contributed by atoms with van der Waals surface area (Å²) in [6.07, 6.45) is 1.01. The van der Waals surface area contributed by atoms with Gasteiger partial charge in [0.1, 0.15) is 17.5 Å². The van der Waals surface area contributed by atoms with Gasteiger partial charge in [0.05, 0.1) is 24.8 Å². The normalized spacial score (nSPS) is 18.2. The lowest BCUT2D eigenvalue weighted by Gasteiger charge is -2.37. The molecule has 2 heterocycles. The predicted octanol–water partition coefficient (Wildman–Crippen LogP) is 2.89. The quantitative estimate of drug-likeness (QED) is 0.621. The maximum absolute atomic E-state index is 14.0. The molecule has 9 heteroatoms. The standard InChI is InChI=1S/C27H33FN4O4/c1-17(2)30-27(35)31(5)15-24-18(3)14-32(19(4)16-33)26(34)22-12-20(13-29-25(22)36-24)10-11-21-8-6-7-9-23(21)28/h6-9,12-13,17-19,24,33H,14-16H2,1-5H3,(H,30,35)/t18-,19-,24+/m0/s1. The summed E-state index contributed by atoms with van der Waals surface area (Å²) in [6, 6.07) is 7.05. The number of halogens is 1. The van der Waals surface area contributed by atoms with Crippen molar-refractivity contribution in [3.8, 4) is 17.7 Å². The minimum Gasteiger partial charge on any atom is -0.472 e. The topological polar surface area (TPSA) is 95.0 Å². The highest BCUT2D eigenvalue weighted by atomic mass is 19.1. The van der Waals surface area contributed by atoms with Crippen LogP contribution in [-0.2, 0) is 0 Å². The van der Waals surface area contributed by atoms with E-state index in [1.165, 1.54) is 12.3 Å². The number of amides is 3. The highest BCUT2D eigenvalue weighted by molar-refractivity contribution is 5.97.